The molecule has 2 N–H and O–H groups in total. The van der Waals surface area contributed by atoms with E-state index >= 15 is 0 Å². The van der Waals surface area contributed by atoms with Crippen LogP contribution in [0, 0.1) is 0 Å². The number of aryl methyl sites for hydroxylation is 2. The fourth-order valence-electron chi connectivity index (χ4n) is 2.03. The number of hydrogen-bond acceptors (Lipinski definition) is 2. The number of carbonyl (C=O) groups is 1. The average molecular weight is 218 g/mol. The molecule has 0 radical (unpaired) electrons. The van der Waals surface area contributed by atoms with Crippen molar-refractivity contribution in [3.63, 3.8) is 0 Å². The first-order valence-corrected chi connectivity index (χ1v) is 5.80. The zero-order valence-electron chi connectivity index (χ0n) is 9.84. The van der Waals surface area contributed by atoms with Gasteiger partial charge in [0.2, 0.25) is 5.91 Å². The Morgan fingerprint density at radius 3 is 2.81 bits per heavy atom. The van der Waals surface area contributed by atoms with Gasteiger partial charge in [-0.1, -0.05) is 6.07 Å². The monoisotopic (exact) mass is 218 g/mol. The van der Waals surface area contributed by atoms with E-state index in [2.05, 4.69) is 22.8 Å². The van der Waals surface area contributed by atoms with Gasteiger partial charge in [0.25, 0.3) is 0 Å². The average Bonchev–Trinajstić information content (AvgIpc) is 2.75. The Hall–Kier alpha value is -1.35. The molecule has 1 aliphatic carbocycles. The summed E-state index contributed by atoms with van der Waals surface area (Å²) in [7, 11) is 1.78. The van der Waals surface area contributed by atoms with Crippen LogP contribution in [0.5, 0.6) is 0 Å². The van der Waals surface area contributed by atoms with Gasteiger partial charge in [-0.05, 0) is 56.5 Å². The summed E-state index contributed by atoms with van der Waals surface area (Å²) in [6, 6.07) is 6.06. The SMILES string of the molecule is CNC(C)C(=O)Nc1ccc2c(c1)CCC2. The number of likely N-dealkylation sites (N-methyl/N-ethyl adjacent to an activating group) is 1. The summed E-state index contributed by atoms with van der Waals surface area (Å²) in [5.41, 5.74) is 3.72. The van der Waals surface area contributed by atoms with Gasteiger partial charge in [0.05, 0.1) is 6.04 Å². The summed E-state index contributed by atoms with van der Waals surface area (Å²) in [5, 5.41) is 5.85. The van der Waals surface area contributed by atoms with Crippen molar-refractivity contribution in [1.82, 2.24) is 5.32 Å². The minimum Gasteiger partial charge on any atom is -0.325 e. The van der Waals surface area contributed by atoms with Gasteiger partial charge in [-0.2, -0.15) is 0 Å². The predicted molar refractivity (Wildman–Crippen MR) is 65.6 cm³/mol. The van der Waals surface area contributed by atoms with Crippen molar-refractivity contribution >= 4 is 11.6 Å². The Balaban J connectivity index is 2.08. The van der Waals surface area contributed by atoms with E-state index in [1.807, 2.05) is 13.0 Å². The van der Waals surface area contributed by atoms with E-state index < -0.39 is 0 Å². The molecule has 2 rings (SSSR count). The molecule has 1 aromatic carbocycles. The van der Waals surface area contributed by atoms with Crippen LogP contribution >= 0.6 is 0 Å². The Morgan fingerprint density at radius 2 is 2.06 bits per heavy atom. The number of rotatable bonds is 3. The molecule has 0 fully saturated rings. The fraction of sp³-hybridized carbons (Fsp3) is 0.462. The number of fused-ring (bicyclic) bond motifs is 1. The summed E-state index contributed by atoms with van der Waals surface area (Å²) >= 11 is 0. The van der Waals surface area contributed by atoms with Crippen LogP contribution in [0.3, 0.4) is 0 Å². The lowest BCUT2D eigenvalue weighted by Gasteiger charge is -2.11. The second-order valence-corrected chi connectivity index (χ2v) is 4.34. The summed E-state index contributed by atoms with van der Waals surface area (Å²) < 4.78 is 0. The Kier molecular flexibility index (Phi) is 3.25. The molecule has 1 aliphatic rings. The summed E-state index contributed by atoms with van der Waals surface area (Å²) in [4.78, 5) is 11.7. The number of benzene rings is 1. The van der Waals surface area contributed by atoms with Gasteiger partial charge in [0.1, 0.15) is 0 Å². The molecule has 16 heavy (non-hydrogen) atoms. The standard InChI is InChI=1S/C13H18N2O/c1-9(14-2)13(16)15-12-7-6-10-4-3-5-11(10)8-12/h6-9,14H,3-5H2,1-2H3,(H,15,16). The number of nitrogens with one attached hydrogen (secondary N) is 2. The van der Waals surface area contributed by atoms with Crippen LogP contribution < -0.4 is 10.6 Å². The Labute approximate surface area is 96.2 Å². The predicted octanol–water partition coefficient (Wildman–Crippen LogP) is 1.72. The maximum atomic E-state index is 11.7. The molecule has 86 valence electrons. The fourth-order valence-corrected chi connectivity index (χ4v) is 2.03. The molecular weight excluding hydrogens is 200 g/mol. The topological polar surface area (TPSA) is 41.1 Å². The van der Waals surface area contributed by atoms with E-state index in [9.17, 15) is 4.79 Å². The number of hydrogen-bond donors (Lipinski definition) is 2. The second kappa shape index (κ2) is 4.66. The third-order valence-corrected chi connectivity index (χ3v) is 3.19. The van der Waals surface area contributed by atoms with Gasteiger partial charge >= 0.3 is 0 Å². The zero-order chi connectivity index (χ0) is 11.5. The molecule has 0 saturated heterocycles. The van der Waals surface area contributed by atoms with Crippen LogP contribution in [0.25, 0.3) is 0 Å². The van der Waals surface area contributed by atoms with Gasteiger partial charge in [0, 0.05) is 5.69 Å². The van der Waals surface area contributed by atoms with Crippen molar-refractivity contribution in [2.75, 3.05) is 12.4 Å². The summed E-state index contributed by atoms with van der Waals surface area (Å²) in [6.07, 6.45) is 3.55. The summed E-state index contributed by atoms with van der Waals surface area (Å²) in [5.74, 6) is 0.0143. The van der Waals surface area contributed by atoms with Crippen molar-refractivity contribution in [1.29, 1.82) is 0 Å². The molecule has 0 spiro atoms. The molecule has 0 aliphatic heterocycles. The largest absolute Gasteiger partial charge is 0.325 e. The van der Waals surface area contributed by atoms with Crippen LogP contribution in [0.15, 0.2) is 18.2 Å². The normalized spacial score (nSPS) is 15.6. The third-order valence-electron chi connectivity index (χ3n) is 3.19. The van der Waals surface area contributed by atoms with E-state index in [0.29, 0.717) is 0 Å². The first kappa shape index (κ1) is 11.1. The van der Waals surface area contributed by atoms with Crippen LogP contribution in [-0.2, 0) is 17.6 Å². The molecule has 3 nitrogen and oxygen atoms in total. The first-order valence-electron chi connectivity index (χ1n) is 5.80. The van der Waals surface area contributed by atoms with Crippen molar-refractivity contribution in [2.24, 2.45) is 0 Å². The third kappa shape index (κ3) is 2.25. The zero-order valence-corrected chi connectivity index (χ0v) is 9.84. The number of amides is 1. The Morgan fingerprint density at radius 1 is 1.31 bits per heavy atom. The van der Waals surface area contributed by atoms with Crippen molar-refractivity contribution in [2.45, 2.75) is 32.2 Å². The molecule has 3 heteroatoms. The minimum atomic E-state index is -0.159. The molecule has 0 saturated carbocycles. The lowest BCUT2D eigenvalue weighted by molar-refractivity contribution is -0.117. The van der Waals surface area contributed by atoms with Crippen molar-refractivity contribution < 1.29 is 4.79 Å². The highest BCUT2D eigenvalue weighted by atomic mass is 16.2. The quantitative estimate of drug-likeness (QED) is 0.811. The smallest absolute Gasteiger partial charge is 0.241 e. The van der Waals surface area contributed by atoms with E-state index in [-0.39, 0.29) is 11.9 Å². The number of anilines is 1. The van der Waals surface area contributed by atoms with Crippen LogP contribution in [-0.4, -0.2) is 19.0 Å². The molecule has 0 aromatic heterocycles. The highest BCUT2D eigenvalue weighted by Gasteiger charge is 2.13. The molecular formula is C13H18N2O. The second-order valence-electron chi connectivity index (χ2n) is 4.34. The Bertz CT molecular complexity index is 401. The molecule has 0 heterocycles. The van der Waals surface area contributed by atoms with Gasteiger partial charge in [0.15, 0.2) is 0 Å². The summed E-state index contributed by atoms with van der Waals surface area (Å²) in [6.45, 7) is 1.85. The van der Waals surface area contributed by atoms with Crippen LogP contribution in [0.2, 0.25) is 0 Å². The van der Waals surface area contributed by atoms with Gasteiger partial charge in [-0.15, -0.1) is 0 Å². The van der Waals surface area contributed by atoms with Gasteiger partial charge in [-0.3, -0.25) is 4.79 Å². The van der Waals surface area contributed by atoms with Gasteiger partial charge in [-0.25, -0.2) is 0 Å². The lowest BCUT2D eigenvalue weighted by Crippen LogP contribution is -2.35. The molecule has 0 bridgehead atoms. The van der Waals surface area contributed by atoms with Crippen LogP contribution in [0.4, 0.5) is 5.69 Å². The maximum Gasteiger partial charge on any atom is 0.241 e. The lowest BCUT2D eigenvalue weighted by atomic mass is 10.1. The first-order chi connectivity index (χ1) is 7.70. The maximum absolute atomic E-state index is 11.7. The molecule has 1 unspecified atom stereocenters. The minimum absolute atomic E-state index is 0.0143. The van der Waals surface area contributed by atoms with Crippen molar-refractivity contribution in [3.05, 3.63) is 29.3 Å². The molecule has 1 aromatic rings. The molecule has 1 atom stereocenters. The van der Waals surface area contributed by atoms with E-state index in [1.165, 1.54) is 24.0 Å². The highest BCUT2D eigenvalue weighted by molar-refractivity contribution is 5.94. The number of carbonyl (C=O) groups excluding carboxylic acids is 1. The van der Waals surface area contributed by atoms with E-state index in [4.69, 9.17) is 0 Å². The van der Waals surface area contributed by atoms with Crippen molar-refractivity contribution in [3.8, 4) is 0 Å². The van der Waals surface area contributed by atoms with E-state index in [1.54, 1.807) is 7.05 Å². The molecule has 1 amide bonds. The highest BCUT2D eigenvalue weighted by Crippen LogP contribution is 2.24. The van der Waals surface area contributed by atoms with E-state index in [0.717, 1.165) is 12.1 Å². The van der Waals surface area contributed by atoms with Crippen LogP contribution in [0.1, 0.15) is 24.5 Å². The van der Waals surface area contributed by atoms with Gasteiger partial charge < -0.3 is 10.6 Å².